The Hall–Kier alpha value is -3.26. The van der Waals surface area contributed by atoms with Crippen LogP contribution in [-0.2, 0) is 39.2 Å². The number of aromatic nitrogens is 5. The van der Waals surface area contributed by atoms with Crippen molar-refractivity contribution < 1.29 is 31.1 Å². The van der Waals surface area contributed by atoms with Gasteiger partial charge in [-0.1, -0.05) is 0 Å². The van der Waals surface area contributed by atoms with Crippen molar-refractivity contribution in [3.8, 4) is 0 Å². The van der Waals surface area contributed by atoms with Gasteiger partial charge >= 0.3 is 0 Å². The molecule has 170 valence electrons. The molecule has 0 aliphatic carbocycles. The zero-order chi connectivity index (χ0) is 23.0. The van der Waals surface area contributed by atoms with Crippen LogP contribution in [0.4, 0.5) is 13.2 Å². The summed E-state index contributed by atoms with van der Waals surface area (Å²) in [6.07, 6.45) is 0.593. The number of amides is 1. The van der Waals surface area contributed by atoms with Crippen molar-refractivity contribution >= 4 is 15.9 Å². The van der Waals surface area contributed by atoms with Gasteiger partial charge < -0.3 is 9.64 Å². The molecule has 0 saturated carbocycles. The molecule has 4 rings (SSSR count). The van der Waals surface area contributed by atoms with E-state index in [1.807, 2.05) is 0 Å². The Labute approximate surface area is 180 Å². The Kier molecular flexibility index (Phi) is 5.73. The highest BCUT2D eigenvalue weighted by Gasteiger charge is 2.35. The van der Waals surface area contributed by atoms with E-state index in [1.165, 1.54) is 36.5 Å². The molecule has 0 radical (unpaired) electrons. The number of carbonyl (C=O) groups is 1. The molecule has 1 amide bonds. The van der Waals surface area contributed by atoms with Gasteiger partial charge in [0.1, 0.15) is 23.0 Å². The molecule has 10 nitrogen and oxygen atoms in total. The van der Waals surface area contributed by atoms with E-state index in [9.17, 15) is 26.4 Å². The molecule has 4 heterocycles. The van der Waals surface area contributed by atoms with E-state index in [0.717, 1.165) is 21.2 Å². The number of carbonyl (C=O) groups excluding carboxylic acids is 1. The number of halogens is 3. The number of fused-ring (bicyclic) bond motifs is 1. The number of hydrogen-bond acceptors (Lipinski definition) is 7. The first kappa shape index (κ1) is 22.0. The van der Waals surface area contributed by atoms with Gasteiger partial charge in [0.25, 0.3) is 22.4 Å². The molecule has 0 N–H and O–H groups in total. The normalized spacial score (nSPS) is 14.7. The van der Waals surface area contributed by atoms with Gasteiger partial charge in [-0.2, -0.15) is 22.7 Å². The predicted octanol–water partition coefficient (Wildman–Crippen LogP) is 1.35. The molecule has 1 unspecified atom stereocenters. The largest absolute Gasteiger partial charge is 0.365 e. The second-order valence-corrected chi connectivity index (χ2v) is 8.74. The van der Waals surface area contributed by atoms with Gasteiger partial charge in [0.05, 0.1) is 18.4 Å². The lowest BCUT2D eigenvalue weighted by atomic mass is 10.2. The van der Waals surface area contributed by atoms with E-state index in [2.05, 4.69) is 15.2 Å². The Bertz CT molecular complexity index is 1240. The van der Waals surface area contributed by atoms with Crippen molar-refractivity contribution in [1.82, 2.24) is 28.9 Å². The number of methoxy groups -OCH3 is 1. The van der Waals surface area contributed by atoms with Crippen LogP contribution in [0.2, 0.25) is 0 Å². The lowest BCUT2D eigenvalue weighted by Gasteiger charge is -2.22. The second kappa shape index (κ2) is 8.35. The van der Waals surface area contributed by atoms with Crippen LogP contribution in [-0.4, -0.2) is 56.7 Å². The number of nitrogens with zero attached hydrogens (tertiary/aromatic N) is 6. The lowest BCUT2D eigenvalue weighted by molar-refractivity contribution is -0.143. The zero-order valence-corrected chi connectivity index (χ0v) is 17.4. The predicted molar refractivity (Wildman–Crippen MR) is 101 cm³/mol. The van der Waals surface area contributed by atoms with E-state index >= 15 is 0 Å². The molecule has 0 spiro atoms. The summed E-state index contributed by atoms with van der Waals surface area (Å²) < 4.78 is 71.2. The summed E-state index contributed by atoms with van der Waals surface area (Å²) in [4.78, 5) is 17.8. The van der Waals surface area contributed by atoms with E-state index in [1.54, 1.807) is 0 Å². The Morgan fingerprint density at radius 2 is 2.06 bits per heavy atom. The highest BCUT2D eigenvalue weighted by molar-refractivity contribution is 7.89. The maximum absolute atomic E-state index is 14.0. The van der Waals surface area contributed by atoms with E-state index in [-0.39, 0.29) is 23.7 Å². The van der Waals surface area contributed by atoms with Crippen molar-refractivity contribution in [3.63, 3.8) is 0 Å². The van der Waals surface area contributed by atoms with Gasteiger partial charge in [0, 0.05) is 37.8 Å². The van der Waals surface area contributed by atoms with Crippen LogP contribution in [0.25, 0.3) is 0 Å². The number of ether oxygens (including phenoxy) is 1. The number of pyridine rings is 1. The van der Waals surface area contributed by atoms with Crippen molar-refractivity contribution in [3.05, 3.63) is 59.7 Å². The maximum Gasteiger partial charge on any atom is 0.286 e. The number of hydrogen-bond donors (Lipinski definition) is 0. The minimum Gasteiger partial charge on any atom is -0.365 e. The molecule has 3 aromatic heterocycles. The molecular weight excluding hydrogens is 453 g/mol. The second-order valence-electron chi connectivity index (χ2n) is 6.95. The van der Waals surface area contributed by atoms with Gasteiger partial charge in [-0.25, -0.2) is 13.2 Å². The van der Waals surface area contributed by atoms with E-state index in [0.29, 0.717) is 11.3 Å². The molecule has 0 aromatic carbocycles. The SMILES string of the molecule is COC(C(=O)N1Cc2cn(S(=O)(=O)c3cnn(CC(F)F)c3)nc2C1)c1ncccc1F. The third-order valence-corrected chi connectivity index (χ3v) is 6.33. The summed E-state index contributed by atoms with van der Waals surface area (Å²) in [5.41, 5.74) is 0.648. The quantitative estimate of drug-likeness (QED) is 0.512. The van der Waals surface area contributed by atoms with Crippen LogP contribution in [0, 0.1) is 5.82 Å². The summed E-state index contributed by atoms with van der Waals surface area (Å²) in [7, 11) is -2.89. The highest BCUT2D eigenvalue weighted by atomic mass is 32.2. The average molecular weight is 470 g/mol. The fraction of sp³-hybridized carbons (Fsp3) is 0.333. The van der Waals surface area contributed by atoms with E-state index < -0.39 is 40.8 Å². The van der Waals surface area contributed by atoms with Crippen LogP contribution >= 0.6 is 0 Å². The number of alkyl halides is 2. The molecule has 1 aliphatic heterocycles. The smallest absolute Gasteiger partial charge is 0.286 e. The van der Waals surface area contributed by atoms with Gasteiger partial charge in [0.15, 0.2) is 6.10 Å². The number of rotatable bonds is 7. The van der Waals surface area contributed by atoms with E-state index in [4.69, 9.17) is 4.74 Å². The monoisotopic (exact) mass is 470 g/mol. The summed E-state index contributed by atoms with van der Waals surface area (Å²) in [5.74, 6) is -1.24. The molecule has 0 fully saturated rings. The third-order valence-electron chi connectivity index (χ3n) is 4.84. The fourth-order valence-corrected chi connectivity index (χ4v) is 4.44. The Morgan fingerprint density at radius 1 is 1.28 bits per heavy atom. The summed E-state index contributed by atoms with van der Waals surface area (Å²) in [6.45, 7) is -0.724. The molecule has 32 heavy (non-hydrogen) atoms. The fourth-order valence-electron chi connectivity index (χ4n) is 3.32. The first-order valence-corrected chi connectivity index (χ1v) is 10.7. The first-order chi connectivity index (χ1) is 15.2. The molecule has 0 bridgehead atoms. The Balaban J connectivity index is 1.52. The third kappa shape index (κ3) is 3.98. The summed E-state index contributed by atoms with van der Waals surface area (Å²) >= 11 is 0. The van der Waals surface area contributed by atoms with Crippen LogP contribution in [0.3, 0.4) is 0 Å². The zero-order valence-electron chi connectivity index (χ0n) is 16.6. The summed E-state index contributed by atoms with van der Waals surface area (Å²) in [5, 5.41) is 7.66. The first-order valence-electron chi connectivity index (χ1n) is 9.26. The van der Waals surface area contributed by atoms with Crippen LogP contribution in [0.15, 0.2) is 41.8 Å². The van der Waals surface area contributed by atoms with Crippen LogP contribution in [0.5, 0.6) is 0 Å². The highest BCUT2D eigenvalue weighted by Crippen LogP contribution is 2.28. The van der Waals surface area contributed by atoms with Gasteiger partial charge in [-0.3, -0.25) is 14.5 Å². The Morgan fingerprint density at radius 3 is 2.72 bits per heavy atom. The van der Waals surface area contributed by atoms with Crippen LogP contribution < -0.4 is 0 Å². The van der Waals surface area contributed by atoms with Crippen molar-refractivity contribution in [1.29, 1.82) is 0 Å². The van der Waals surface area contributed by atoms with Crippen molar-refractivity contribution in [2.75, 3.05) is 7.11 Å². The van der Waals surface area contributed by atoms with Gasteiger partial charge in [0.2, 0.25) is 0 Å². The molecule has 1 aliphatic rings. The minimum atomic E-state index is -4.15. The van der Waals surface area contributed by atoms with Crippen molar-refractivity contribution in [2.24, 2.45) is 0 Å². The summed E-state index contributed by atoms with van der Waals surface area (Å²) in [6, 6.07) is 2.56. The lowest BCUT2D eigenvalue weighted by Crippen LogP contribution is -2.33. The van der Waals surface area contributed by atoms with Crippen LogP contribution in [0.1, 0.15) is 23.1 Å². The van der Waals surface area contributed by atoms with Crippen molar-refractivity contribution in [2.45, 2.75) is 37.1 Å². The minimum absolute atomic E-state index is 0.0182. The molecule has 1 atom stereocenters. The topological polar surface area (TPSA) is 112 Å². The molecular formula is C18H17F3N6O4S. The molecule has 3 aromatic rings. The molecule has 14 heteroatoms. The van der Waals surface area contributed by atoms with Gasteiger partial charge in [-0.15, -0.1) is 0 Å². The molecule has 0 saturated heterocycles. The maximum atomic E-state index is 14.0. The standard InChI is InChI=1S/C18H17F3N6O4S/c1-31-17(16-13(19)3-2-4-22-16)18(28)25-6-11-7-27(24-14(11)9-25)32(29,30)12-5-23-26(8-12)10-15(20)21/h2-5,7-8,15,17H,6,9-10H2,1H3. The van der Waals surface area contributed by atoms with Gasteiger partial charge in [-0.05, 0) is 12.1 Å². The average Bonchev–Trinajstić information content (AvgIpc) is 3.44.